The first-order chi connectivity index (χ1) is 9.88. The lowest BCUT2D eigenvalue weighted by Gasteiger charge is -2.08. The molecule has 0 bridgehead atoms. The molecule has 0 spiro atoms. The second-order valence-electron chi connectivity index (χ2n) is 4.00. The van der Waals surface area contributed by atoms with Gasteiger partial charge >= 0.3 is 0 Å². The first-order valence-electron chi connectivity index (χ1n) is 5.59. The minimum atomic E-state index is -0.529. The molecule has 8 heteroatoms. The van der Waals surface area contributed by atoms with Gasteiger partial charge in [0, 0.05) is 26.6 Å². The van der Waals surface area contributed by atoms with E-state index in [2.05, 4.69) is 37.2 Å². The number of hydrogen-bond donors (Lipinski definition) is 1. The highest BCUT2D eigenvalue weighted by atomic mass is 79.9. The number of carbonyl (C=O) groups is 1. The quantitative estimate of drug-likeness (QED) is 0.544. The zero-order chi connectivity index (χ0) is 15.6. The molecule has 2 aromatic rings. The summed E-state index contributed by atoms with van der Waals surface area (Å²) in [6.07, 6.45) is 0. The third-order valence-corrected chi connectivity index (χ3v) is 4.51. The zero-order valence-electron chi connectivity index (χ0n) is 10.3. The number of anilines is 1. The Kier molecular flexibility index (Phi) is 4.97. The van der Waals surface area contributed by atoms with Crippen LogP contribution in [0.2, 0.25) is 5.02 Å². The van der Waals surface area contributed by atoms with Crippen molar-refractivity contribution in [1.29, 1.82) is 0 Å². The van der Waals surface area contributed by atoms with Crippen LogP contribution in [0, 0.1) is 10.1 Å². The maximum absolute atomic E-state index is 12.1. The number of hydrogen-bond acceptors (Lipinski definition) is 3. The maximum atomic E-state index is 12.1. The molecule has 21 heavy (non-hydrogen) atoms. The molecular weight excluding hydrogens is 427 g/mol. The average molecular weight is 434 g/mol. The van der Waals surface area contributed by atoms with Gasteiger partial charge in [-0.1, -0.05) is 11.6 Å². The van der Waals surface area contributed by atoms with E-state index in [9.17, 15) is 14.9 Å². The van der Waals surface area contributed by atoms with Crippen molar-refractivity contribution in [3.05, 3.63) is 66.0 Å². The van der Waals surface area contributed by atoms with E-state index >= 15 is 0 Å². The second-order valence-corrected chi connectivity index (χ2v) is 6.12. The van der Waals surface area contributed by atoms with Gasteiger partial charge in [-0.2, -0.15) is 0 Å². The van der Waals surface area contributed by atoms with Crippen LogP contribution >= 0.6 is 43.5 Å². The summed E-state index contributed by atoms with van der Waals surface area (Å²) in [5.41, 5.74) is 0.553. The molecule has 0 heterocycles. The Morgan fingerprint density at radius 3 is 2.43 bits per heavy atom. The average Bonchev–Trinajstić information content (AvgIpc) is 2.43. The number of non-ortho nitro benzene ring substituents is 1. The molecule has 1 amide bonds. The third-order valence-electron chi connectivity index (χ3n) is 2.59. The number of nitrogens with zero attached hydrogens (tertiary/aromatic N) is 1. The van der Waals surface area contributed by atoms with Crippen LogP contribution in [0.4, 0.5) is 11.4 Å². The SMILES string of the molecule is O=C(Nc1cc([N+](=O)[O-])ccc1Br)c1ccc(Br)c(Cl)c1. The lowest BCUT2D eigenvalue weighted by molar-refractivity contribution is -0.384. The molecule has 108 valence electrons. The smallest absolute Gasteiger partial charge is 0.271 e. The molecule has 5 nitrogen and oxygen atoms in total. The Bertz CT molecular complexity index is 737. The Labute approximate surface area is 141 Å². The molecule has 0 atom stereocenters. The van der Waals surface area contributed by atoms with Crippen molar-refractivity contribution in [2.75, 3.05) is 5.32 Å². The minimum absolute atomic E-state index is 0.109. The van der Waals surface area contributed by atoms with Crippen LogP contribution in [0.3, 0.4) is 0 Å². The molecule has 0 aliphatic carbocycles. The number of nitro groups is 1. The number of nitrogens with one attached hydrogen (secondary N) is 1. The molecule has 1 N–H and O–H groups in total. The van der Waals surface area contributed by atoms with Gasteiger partial charge in [0.15, 0.2) is 0 Å². The lowest BCUT2D eigenvalue weighted by Crippen LogP contribution is -2.12. The number of benzene rings is 2. The van der Waals surface area contributed by atoms with Crippen molar-refractivity contribution >= 4 is 60.7 Å². The van der Waals surface area contributed by atoms with Crippen LogP contribution in [0.15, 0.2) is 45.3 Å². The van der Waals surface area contributed by atoms with Crippen molar-refractivity contribution in [3.8, 4) is 0 Å². The van der Waals surface area contributed by atoms with Gasteiger partial charge in [0.1, 0.15) is 0 Å². The highest BCUT2D eigenvalue weighted by Gasteiger charge is 2.13. The van der Waals surface area contributed by atoms with Crippen LogP contribution < -0.4 is 5.32 Å². The summed E-state index contributed by atoms with van der Waals surface area (Å²) in [6.45, 7) is 0. The topological polar surface area (TPSA) is 72.2 Å². The fourth-order valence-corrected chi connectivity index (χ4v) is 2.33. The van der Waals surface area contributed by atoms with E-state index in [1.807, 2.05) is 0 Å². The van der Waals surface area contributed by atoms with Crippen molar-refractivity contribution in [1.82, 2.24) is 0 Å². The van der Waals surface area contributed by atoms with Gasteiger partial charge in [0.05, 0.1) is 15.6 Å². The fourth-order valence-electron chi connectivity index (χ4n) is 1.55. The lowest BCUT2D eigenvalue weighted by atomic mass is 10.2. The summed E-state index contributed by atoms with van der Waals surface area (Å²) in [6, 6.07) is 8.88. The van der Waals surface area contributed by atoms with Gasteiger partial charge < -0.3 is 5.32 Å². The van der Waals surface area contributed by atoms with Crippen LogP contribution in [-0.2, 0) is 0 Å². The molecule has 0 aromatic heterocycles. The van der Waals surface area contributed by atoms with Gasteiger partial charge in [-0.25, -0.2) is 0 Å². The van der Waals surface area contributed by atoms with Crippen LogP contribution in [0.5, 0.6) is 0 Å². The number of halogens is 3. The number of carbonyl (C=O) groups excluding carboxylic acids is 1. The van der Waals surface area contributed by atoms with E-state index in [1.165, 1.54) is 24.3 Å². The highest BCUT2D eigenvalue weighted by Crippen LogP contribution is 2.28. The molecule has 0 saturated heterocycles. The number of rotatable bonds is 3. The number of amides is 1. The van der Waals surface area contributed by atoms with Crippen LogP contribution in [0.25, 0.3) is 0 Å². The van der Waals surface area contributed by atoms with Crippen molar-refractivity contribution in [3.63, 3.8) is 0 Å². The molecule has 2 aromatic carbocycles. The van der Waals surface area contributed by atoms with Gasteiger partial charge in [0.25, 0.3) is 11.6 Å². The second kappa shape index (κ2) is 6.55. The Hall–Kier alpha value is -1.44. The van der Waals surface area contributed by atoms with Crippen molar-refractivity contribution in [2.24, 2.45) is 0 Å². The first-order valence-corrected chi connectivity index (χ1v) is 7.55. The maximum Gasteiger partial charge on any atom is 0.271 e. The van der Waals surface area contributed by atoms with Crippen molar-refractivity contribution < 1.29 is 9.72 Å². The monoisotopic (exact) mass is 432 g/mol. The van der Waals surface area contributed by atoms with Gasteiger partial charge in [-0.3, -0.25) is 14.9 Å². The van der Waals surface area contributed by atoms with Crippen LogP contribution in [-0.4, -0.2) is 10.8 Å². The molecule has 2 rings (SSSR count). The summed E-state index contributed by atoms with van der Waals surface area (Å²) in [7, 11) is 0. The predicted molar refractivity (Wildman–Crippen MR) is 87.9 cm³/mol. The molecule has 0 aliphatic heterocycles. The molecule has 0 radical (unpaired) electrons. The summed E-state index contributed by atoms with van der Waals surface area (Å²) in [4.78, 5) is 22.4. The normalized spacial score (nSPS) is 10.2. The first kappa shape index (κ1) is 15.9. The molecule has 0 fully saturated rings. The Morgan fingerprint density at radius 2 is 1.81 bits per heavy atom. The molecule has 0 saturated carbocycles. The van der Waals surface area contributed by atoms with Gasteiger partial charge in [0.2, 0.25) is 0 Å². The van der Waals surface area contributed by atoms with E-state index in [4.69, 9.17) is 11.6 Å². The minimum Gasteiger partial charge on any atom is -0.321 e. The largest absolute Gasteiger partial charge is 0.321 e. The summed E-state index contributed by atoms with van der Waals surface area (Å²) < 4.78 is 1.22. The summed E-state index contributed by atoms with van der Waals surface area (Å²) in [5, 5.41) is 13.8. The number of nitro benzene ring substituents is 1. The van der Waals surface area contributed by atoms with E-state index in [0.29, 0.717) is 25.2 Å². The molecular formula is C13H7Br2ClN2O3. The standard InChI is InChI=1S/C13H7Br2ClN2O3/c14-9-3-1-7(5-11(9)16)13(19)17-12-6-8(18(20)21)2-4-10(12)15/h1-6H,(H,17,19). The van der Waals surface area contributed by atoms with E-state index in [0.717, 1.165) is 0 Å². The predicted octanol–water partition coefficient (Wildman–Crippen LogP) is 5.03. The van der Waals surface area contributed by atoms with Crippen molar-refractivity contribution in [2.45, 2.75) is 0 Å². The van der Waals surface area contributed by atoms with Crippen LogP contribution in [0.1, 0.15) is 10.4 Å². The third kappa shape index (κ3) is 3.81. The Balaban J connectivity index is 2.28. The zero-order valence-corrected chi connectivity index (χ0v) is 14.2. The van der Waals surface area contributed by atoms with Gasteiger partial charge in [-0.05, 0) is 56.1 Å². The summed E-state index contributed by atoms with van der Waals surface area (Å²) in [5.74, 6) is -0.411. The molecule has 0 unspecified atom stereocenters. The van der Waals surface area contributed by atoms with Gasteiger partial charge in [-0.15, -0.1) is 0 Å². The fraction of sp³-hybridized carbons (Fsp3) is 0. The summed E-state index contributed by atoms with van der Waals surface area (Å²) >= 11 is 12.4. The van der Waals surface area contributed by atoms with E-state index in [-0.39, 0.29) is 5.69 Å². The Morgan fingerprint density at radius 1 is 1.14 bits per heavy atom. The highest BCUT2D eigenvalue weighted by molar-refractivity contribution is 9.11. The molecule has 0 aliphatic rings. The van der Waals surface area contributed by atoms with E-state index in [1.54, 1.807) is 12.1 Å². The van der Waals surface area contributed by atoms with E-state index < -0.39 is 10.8 Å².